The molecule has 0 bridgehead atoms. The standard InChI is InChI=1S/C15H27NO2S/c1-4-13(5-2)12(3)16-9-14(17)10-18-11-15-7-6-8-19-15/h6-8,12-14,16-17H,4-5,9-11H2,1-3H3. The smallest absolute Gasteiger partial charge is 0.0897 e. The van der Waals surface area contributed by atoms with Crippen molar-refractivity contribution in [1.82, 2.24) is 5.32 Å². The predicted octanol–water partition coefficient (Wildman–Crippen LogP) is 3.04. The van der Waals surface area contributed by atoms with E-state index >= 15 is 0 Å². The van der Waals surface area contributed by atoms with Gasteiger partial charge in [0.15, 0.2) is 0 Å². The average Bonchev–Trinajstić information content (AvgIpc) is 2.91. The minimum Gasteiger partial charge on any atom is -0.389 e. The summed E-state index contributed by atoms with van der Waals surface area (Å²) < 4.78 is 5.51. The van der Waals surface area contributed by atoms with Crippen molar-refractivity contribution in [3.8, 4) is 0 Å². The van der Waals surface area contributed by atoms with E-state index in [9.17, 15) is 5.11 Å². The van der Waals surface area contributed by atoms with E-state index in [2.05, 4.69) is 26.1 Å². The molecule has 19 heavy (non-hydrogen) atoms. The highest BCUT2D eigenvalue weighted by atomic mass is 32.1. The van der Waals surface area contributed by atoms with E-state index in [1.165, 1.54) is 17.7 Å². The third kappa shape index (κ3) is 6.52. The molecule has 110 valence electrons. The minimum absolute atomic E-state index is 0.389. The number of ether oxygens (including phenoxy) is 1. The van der Waals surface area contributed by atoms with Gasteiger partial charge in [-0.3, -0.25) is 0 Å². The van der Waals surface area contributed by atoms with Crippen LogP contribution >= 0.6 is 11.3 Å². The van der Waals surface area contributed by atoms with Crippen molar-refractivity contribution in [1.29, 1.82) is 0 Å². The zero-order valence-electron chi connectivity index (χ0n) is 12.3. The van der Waals surface area contributed by atoms with Crippen molar-refractivity contribution in [3.05, 3.63) is 22.4 Å². The molecular weight excluding hydrogens is 258 g/mol. The van der Waals surface area contributed by atoms with Crippen LogP contribution in [-0.4, -0.2) is 30.4 Å². The van der Waals surface area contributed by atoms with Crippen molar-refractivity contribution in [3.63, 3.8) is 0 Å². The maximum Gasteiger partial charge on any atom is 0.0897 e. The normalized spacial score (nSPS) is 14.8. The second-order valence-electron chi connectivity index (χ2n) is 5.02. The molecule has 2 atom stereocenters. The van der Waals surface area contributed by atoms with Gasteiger partial charge in [-0.2, -0.15) is 0 Å². The molecule has 2 unspecified atom stereocenters. The Morgan fingerprint density at radius 2 is 2.11 bits per heavy atom. The van der Waals surface area contributed by atoms with Crippen LogP contribution in [0.2, 0.25) is 0 Å². The third-order valence-electron chi connectivity index (χ3n) is 3.57. The van der Waals surface area contributed by atoms with Crippen molar-refractivity contribution in [2.24, 2.45) is 5.92 Å². The van der Waals surface area contributed by atoms with Crippen LogP contribution in [0.1, 0.15) is 38.5 Å². The van der Waals surface area contributed by atoms with E-state index in [1.807, 2.05) is 17.5 Å². The summed E-state index contributed by atoms with van der Waals surface area (Å²) in [5, 5.41) is 15.3. The van der Waals surface area contributed by atoms with Gasteiger partial charge in [0.25, 0.3) is 0 Å². The maximum atomic E-state index is 9.87. The second-order valence-corrected chi connectivity index (χ2v) is 6.05. The Labute approximate surface area is 121 Å². The first kappa shape index (κ1) is 16.6. The van der Waals surface area contributed by atoms with Gasteiger partial charge in [0.05, 0.1) is 19.3 Å². The molecule has 0 radical (unpaired) electrons. The van der Waals surface area contributed by atoms with Gasteiger partial charge in [0, 0.05) is 17.5 Å². The van der Waals surface area contributed by atoms with Crippen LogP contribution < -0.4 is 5.32 Å². The zero-order chi connectivity index (χ0) is 14.1. The number of aliphatic hydroxyl groups excluding tert-OH is 1. The van der Waals surface area contributed by atoms with Gasteiger partial charge >= 0.3 is 0 Å². The number of thiophene rings is 1. The molecule has 0 saturated heterocycles. The Bertz CT molecular complexity index is 312. The van der Waals surface area contributed by atoms with Crippen molar-refractivity contribution in [2.75, 3.05) is 13.2 Å². The molecule has 0 spiro atoms. The molecule has 0 amide bonds. The first-order valence-electron chi connectivity index (χ1n) is 7.18. The molecule has 0 aliphatic rings. The lowest BCUT2D eigenvalue weighted by Gasteiger charge is -2.24. The van der Waals surface area contributed by atoms with Crippen LogP contribution in [0.15, 0.2) is 17.5 Å². The average molecular weight is 285 g/mol. The highest BCUT2D eigenvalue weighted by molar-refractivity contribution is 7.09. The van der Waals surface area contributed by atoms with Gasteiger partial charge in [-0.1, -0.05) is 32.8 Å². The quantitative estimate of drug-likeness (QED) is 0.694. The second kappa shape index (κ2) is 9.48. The predicted molar refractivity (Wildman–Crippen MR) is 81.5 cm³/mol. The summed E-state index contributed by atoms with van der Waals surface area (Å²) >= 11 is 1.68. The topological polar surface area (TPSA) is 41.5 Å². The van der Waals surface area contributed by atoms with E-state index in [-0.39, 0.29) is 0 Å². The van der Waals surface area contributed by atoms with Gasteiger partial charge in [-0.05, 0) is 24.3 Å². The van der Waals surface area contributed by atoms with Crippen LogP contribution in [0.5, 0.6) is 0 Å². The van der Waals surface area contributed by atoms with E-state index < -0.39 is 6.10 Å². The monoisotopic (exact) mass is 285 g/mol. The number of hydrogen-bond donors (Lipinski definition) is 2. The molecule has 1 aromatic heterocycles. The van der Waals surface area contributed by atoms with Crippen molar-refractivity contribution < 1.29 is 9.84 Å². The van der Waals surface area contributed by atoms with Crippen LogP contribution in [0.25, 0.3) is 0 Å². The van der Waals surface area contributed by atoms with E-state index in [0.29, 0.717) is 31.7 Å². The molecule has 3 nitrogen and oxygen atoms in total. The Hall–Kier alpha value is -0.420. The lowest BCUT2D eigenvalue weighted by Crippen LogP contribution is -2.39. The Balaban J connectivity index is 2.11. The molecular formula is C15H27NO2S. The molecule has 0 saturated carbocycles. The Morgan fingerprint density at radius 3 is 2.68 bits per heavy atom. The van der Waals surface area contributed by atoms with Crippen LogP contribution in [0, 0.1) is 5.92 Å². The highest BCUT2D eigenvalue weighted by Crippen LogP contribution is 2.12. The lowest BCUT2D eigenvalue weighted by atomic mass is 9.95. The Kier molecular flexibility index (Phi) is 8.30. The van der Waals surface area contributed by atoms with Crippen LogP contribution in [-0.2, 0) is 11.3 Å². The summed E-state index contributed by atoms with van der Waals surface area (Å²) in [7, 11) is 0. The summed E-state index contributed by atoms with van der Waals surface area (Å²) in [6.45, 7) is 8.20. The first-order chi connectivity index (χ1) is 9.17. The lowest BCUT2D eigenvalue weighted by molar-refractivity contribution is 0.0278. The fourth-order valence-electron chi connectivity index (χ4n) is 2.23. The fourth-order valence-corrected chi connectivity index (χ4v) is 2.87. The number of aliphatic hydroxyl groups is 1. The SMILES string of the molecule is CCC(CC)C(C)NCC(O)COCc1cccs1. The maximum absolute atomic E-state index is 9.87. The van der Waals surface area contributed by atoms with Gasteiger partial charge < -0.3 is 15.2 Å². The van der Waals surface area contributed by atoms with Crippen molar-refractivity contribution >= 4 is 11.3 Å². The fraction of sp³-hybridized carbons (Fsp3) is 0.733. The van der Waals surface area contributed by atoms with Gasteiger partial charge in [-0.25, -0.2) is 0 Å². The highest BCUT2D eigenvalue weighted by Gasteiger charge is 2.14. The van der Waals surface area contributed by atoms with E-state index in [0.717, 1.165) is 0 Å². The van der Waals surface area contributed by atoms with Crippen LogP contribution in [0.3, 0.4) is 0 Å². The minimum atomic E-state index is -0.434. The summed E-state index contributed by atoms with van der Waals surface area (Å²) in [6.07, 6.45) is 1.92. The summed E-state index contributed by atoms with van der Waals surface area (Å²) in [5.74, 6) is 0.680. The Morgan fingerprint density at radius 1 is 1.37 bits per heavy atom. The molecule has 2 N–H and O–H groups in total. The molecule has 0 aromatic carbocycles. The van der Waals surface area contributed by atoms with Gasteiger partial charge in [0.1, 0.15) is 0 Å². The molecule has 0 fully saturated rings. The first-order valence-corrected chi connectivity index (χ1v) is 8.06. The molecule has 0 aliphatic heterocycles. The number of nitrogens with one attached hydrogen (secondary N) is 1. The summed E-state index contributed by atoms with van der Waals surface area (Å²) in [6, 6.07) is 4.50. The number of hydrogen-bond acceptors (Lipinski definition) is 4. The molecule has 1 rings (SSSR count). The number of rotatable bonds is 10. The summed E-state index contributed by atoms with van der Waals surface area (Å²) in [4.78, 5) is 1.20. The largest absolute Gasteiger partial charge is 0.389 e. The molecule has 4 heteroatoms. The van der Waals surface area contributed by atoms with Crippen LogP contribution in [0.4, 0.5) is 0 Å². The van der Waals surface area contributed by atoms with Crippen molar-refractivity contribution in [2.45, 2.75) is 52.4 Å². The molecule has 1 aromatic rings. The van der Waals surface area contributed by atoms with Gasteiger partial charge in [-0.15, -0.1) is 11.3 Å². The molecule has 1 heterocycles. The van der Waals surface area contributed by atoms with E-state index in [1.54, 1.807) is 11.3 Å². The zero-order valence-corrected chi connectivity index (χ0v) is 13.1. The molecule has 0 aliphatic carbocycles. The summed E-state index contributed by atoms with van der Waals surface area (Å²) in [5.41, 5.74) is 0. The van der Waals surface area contributed by atoms with E-state index in [4.69, 9.17) is 4.74 Å². The van der Waals surface area contributed by atoms with Gasteiger partial charge in [0.2, 0.25) is 0 Å². The third-order valence-corrected chi connectivity index (χ3v) is 4.42.